The third-order valence-corrected chi connectivity index (χ3v) is 9.56. The van der Waals surface area contributed by atoms with E-state index in [2.05, 4.69) is 48.3 Å². The summed E-state index contributed by atoms with van der Waals surface area (Å²) >= 11 is 7.09. The molecule has 0 unspecified atom stereocenters. The van der Waals surface area contributed by atoms with Crippen LogP contribution in [0, 0.1) is 3.57 Å². The van der Waals surface area contributed by atoms with Crippen LogP contribution in [-0.4, -0.2) is 43.4 Å². The molecule has 1 atom stereocenters. The summed E-state index contributed by atoms with van der Waals surface area (Å²) in [6, 6.07) is 17.9. The summed E-state index contributed by atoms with van der Waals surface area (Å²) < 4.78 is 31.4. The number of methoxy groups -OCH3 is 1. The van der Waals surface area contributed by atoms with E-state index < -0.39 is 18.0 Å². The predicted molar refractivity (Wildman–Crippen MR) is 193 cm³/mol. The molecule has 4 aromatic rings. The lowest BCUT2D eigenvalue weighted by molar-refractivity contribution is -0.143. The van der Waals surface area contributed by atoms with Gasteiger partial charge in [0, 0.05) is 3.57 Å². The molecule has 0 radical (unpaired) electrons. The van der Waals surface area contributed by atoms with Gasteiger partial charge < -0.3 is 23.7 Å². The Morgan fingerprint density at radius 3 is 2.42 bits per heavy atom. The first kappa shape index (κ1) is 35.4. The fraction of sp³-hybridized carbons (Fsp3) is 0.257. The summed E-state index contributed by atoms with van der Waals surface area (Å²) in [6.07, 6.45) is 1.79. The average molecular weight is 848 g/mol. The molecule has 0 saturated heterocycles. The smallest absolute Gasteiger partial charge is 0.343 e. The zero-order valence-electron chi connectivity index (χ0n) is 26.6. The first-order valence-electron chi connectivity index (χ1n) is 15.0. The van der Waals surface area contributed by atoms with Gasteiger partial charge in [-0.1, -0.05) is 35.6 Å². The summed E-state index contributed by atoms with van der Waals surface area (Å²) in [6.45, 7) is 5.82. The Morgan fingerprint density at radius 2 is 1.73 bits per heavy atom. The number of carbonyl (C=O) groups is 2. The van der Waals surface area contributed by atoms with Crippen LogP contribution < -0.4 is 29.1 Å². The fourth-order valence-corrected chi connectivity index (χ4v) is 6.92. The van der Waals surface area contributed by atoms with Crippen molar-refractivity contribution in [2.24, 2.45) is 4.99 Å². The van der Waals surface area contributed by atoms with Crippen LogP contribution in [0.2, 0.25) is 0 Å². The SMILES string of the molecule is CCOC(=O)C1=C(C)N=c2s/c(=C\c3ccc(OCc4ccc(I)cc4)c(Br)c3)c(=O)n2[C@H]1c1ccc(OCC(=O)OC)c(OCC)c1. The molecule has 1 aliphatic rings. The lowest BCUT2D eigenvalue weighted by Crippen LogP contribution is -2.40. The van der Waals surface area contributed by atoms with E-state index in [9.17, 15) is 14.4 Å². The first-order valence-corrected chi connectivity index (χ1v) is 17.6. The lowest BCUT2D eigenvalue weighted by atomic mass is 9.95. The van der Waals surface area contributed by atoms with E-state index in [1.807, 2.05) is 49.4 Å². The number of aromatic nitrogens is 1. The molecule has 1 aromatic heterocycles. The van der Waals surface area contributed by atoms with Crippen LogP contribution in [0.4, 0.5) is 0 Å². The number of allylic oxidation sites excluding steroid dienone is 1. The molecule has 0 amide bonds. The number of carbonyl (C=O) groups excluding carboxylic acids is 2. The van der Waals surface area contributed by atoms with Gasteiger partial charge in [0.05, 0.1) is 46.6 Å². The Balaban J connectivity index is 1.54. The molecular weight excluding hydrogens is 815 g/mol. The highest BCUT2D eigenvalue weighted by atomic mass is 127. The molecule has 0 fully saturated rings. The average Bonchev–Trinajstić information content (AvgIpc) is 3.37. The highest BCUT2D eigenvalue weighted by Gasteiger charge is 2.34. The van der Waals surface area contributed by atoms with Crippen molar-refractivity contribution < 1.29 is 33.3 Å². The van der Waals surface area contributed by atoms with E-state index in [0.29, 0.717) is 51.1 Å². The number of esters is 2. The monoisotopic (exact) mass is 846 g/mol. The van der Waals surface area contributed by atoms with Gasteiger partial charge in [-0.15, -0.1) is 0 Å². The topological polar surface area (TPSA) is 115 Å². The van der Waals surface area contributed by atoms with E-state index in [0.717, 1.165) is 19.2 Å². The molecule has 3 aromatic carbocycles. The normalized spacial score (nSPS) is 14.2. The number of nitrogens with zero attached hydrogens (tertiary/aromatic N) is 2. The Hall–Kier alpha value is -3.95. The molecule has 250 valence electrons. The standard InChI is InChI=1S/C35H32BrIN2O8S/c1-5-44-28-17-23(10-14-27(28)47-19-30(40)43-4)32-31(34(42)45-6-2)20(3)38-35-39(32)33(41)29(48-35)16-22-9-13-26(25(36)15-22)46-18-21-7-11-24(37)12-8-21/h7-17,32H,5-6,18-19H2,1-4H3/b29-16-/t32-/m0/s1. The Morgan fingerprint density at radius 1 is 0.979 bits per heavy atom. The number of benzene rings is 3. The Kier molecular flexibility index (Phi) is 11.8. The number of hydrogen-bond acceptors (Lipinski definition) is 10. The van der Waals surface area contributed by atoms with Crippen LogP contribution in [0.1, 0.15) is 43.5 Å². The molecule has 1 aliphatic heterocycles. The molecule has 5 rings (SSSR count). The minimum Gasteiger partial charge on any atom is -0.490 e. The fourth-order valence-electron chi connectivity index (χ4n) is 5.00. The van der Waals surface area contributed by atoms with Gasteiger partial charge in [0.25, 0.3) is 5.56 Å². The maximum atomic E-state index is 14.1. The minimum absolute atomic E-state index is 0.149. The summed E-state index contributed by atoms with van der Waals surface area (Å²) in [5.41, 5.74) is 2.75. The lowest BCUT2D eigenvalue weighted by Gasteiger charge is -2.25. The number of ether oxygens (including phenoxy) is 5. The number of halogens is 2. The summed E-state index contributed by atoms with van der Waals surface area (Å²) in [5.74, 6) is 0.201. The number of hydrogen-bond donors (Lipinski definition) is 0. The maximum absolute atomic E-state index is 14.1. The predicted octanol–water partition coefficient (Wildman–Crippen LogP) is 5.69. The van der Waals surface area contributed by atoms with Crippen LogP contribution in [0.25, 0.3) is 6.08 Å². The molecule has 48 heavy (non-hydrogen) atoms. The van der Waals surface area contributed by atoms with Crippen molar-refractivity contribution in [1.29, 1.82) is 0 Å². The van der Waals surface area contributed by atoms with Crippen LogP contribution in [0.3, 0.4) is 0 Å². The van der Waals surface area contributed by atoms with Crippen LogP contribution in [0.5, 0.6) is 17.2 Å². The number of thiazole rings is 1. The Labute approximate surface area is 302 Å². The van der Waals surface area contributed by atoms with Crippen molar-refractivity contribution in [3.8, 4) is 17.2 Å². The minimum atomic E-state index is -0.861. The van der Waals surface area contributed by atoms with E-state index in [1.54, 1.807) is 38.1 Å². The Bertz CT molecular complexity index is 2060. The van der Waals surface area contributed by atoms with Crippen molar-refractivity contribution in [3.05, 3.63) is 116 Å². The molecule has 0 bridgehead atoms. The second-order valence-corrected chi connectivity index (χ2v) is 13.5. The van der Waals surface area contributed by atoms with Gasteiger partial charge in [-0.25, -0.2) is 14.6 Å². The summed E-state index contributed by atoms with van der Waals surface area (Å²) in [4.78, 5) is 44.3. The van der Waals surface area contributed by atoms with Gasteiger partial charge in [0.15, 0.2) is 22.9 Å². The molecule has 10 nitrogen and oxygen atoms in total. The van der Waals surface area contributed by atoms with Gasteiger partial charge >= 0.3 is 11.9 Å². The zero-order chi connectivity index (χ0) is 34.4. The molecule has 13 heteroatoms. The van der Waals surface area contributed by atoms with Crippen molar-refractivity contribution in [2.45, 2.75) is 33.4 Å². The maximum Gasteiger partial charge on any atom is 0.343 e. The molecular formula is C35H32BrIN2O8S. The number of fused-ring (bicyclic) bond motifs is 1. The van der Waals surface area contributed by atoms with Gasteiger partial charge in [-0.05, 0) is 118 Å². The first-order chi connectivity index (χ1) is 23.1. The van der Waals surface area contributed by atoms with Gasteiger partial charge in [-0.3, -0.25) is 9.36 Å². The van der Waals surface area contributed by atoms with Crippen LogP contribution in [-0.2, 0) is 25.7 Å². The van der Waals surface area contributed by atoms with E-state index in [-0.39, 0.29) is 24.3 Å². The van der Waals surface area contributed by atoms with Gasteiger partial charge in [-0.2, -0.15) is 0 Å². The third-order valence-electron chi connectivity index (χ3n) is 7.23. The van der Waals surface area contributed by atoms with Crippen molar-refractivity contribution in [1.82, 2.24) is 4.57 Å². The molecule has 0 N–H and O–H groups in total. The molecule has 0 aliphatic carbocycles. The summed E-state index contributed by atoms with van der Waals surface area (Å²) in [5, 5.41) is 0. The second kappa shape index (κ2) is 16.0. The van der Waals surface area contributed by atoms with Gasteiger partial charge in [0.2, 0.25) is 0 Å². The van der Waals surface area contributed by atoms with E-state index in [1.165, 1.54) is 23.0 Å². The van der Waals surface area contributed by atoms with Gasteiger partial charge in [0.1, 0.15) is 12.4 Å². The van der Waals surface area contributed by atoms with E-state index >= 15 is 0 Å². The van der Waals surface area contributed by atoms with Crippen LogP contribution in [0.15, 0.2) is 86.2 Å². The third kappa shape index (κ3) is 8.01. The highest BCUT2D eigenvalue weighted by molar-refractivity contribution is 14.1. The largest absolute Gasteiger partial charge is 0.490 e. The highest BCUT2D eigenvalue weighted by Crippen LogP contribution is 2.36. The quantitative estimate of drug-likeness (QED) is 0.132. The summed E-state index contributed by atoms with van der Waals surface area (Å²) in [7, 11) is 1.27. The number of rotatable bonds is 12. The van der Waals surface area contributed by atoms with Crippen molar-refractivity contribution >= 4 is 67.9 Å². The molecule has 0 saturated carbocycles. The van der Waals surface area contributed by atoms with Crippen molar-refractivity contribution in [2.75, 3.05) is 26.9 Å². The molecule has 0 spiro atoms. The molecule has 2 heterocycles. The van der Waals surface area contributed by atoms with Crippen molar-refractivity contribution in [3.63, 3.8) is 0 Å². The van der Waals surface area contributed by atoms with Crippen LogP contribution >= 0.6 is 49.9 Å². The zero-order valence-corrected chi connectivity index (χ0v) is 31.1. The second-order valence-electron chi connectivity index (χ2n) is 10.4. The van der Waals surface area contributed by atoms with E-state index in [4.69, 9.17) is 18.9 Å².